The van der Waals surface area contributed by atoms with Crippen molar-refractivity contribution in [2.45, 2.75) is 17.3 Å². The van der Waals surface area contributed by atoms with E-state index in [-0.39, 0.29) is 11.7 Å². The SMILES string of the molecule is Cc1ccc2nc(S[C@@H](C(=O)Nc3ccc(F)cc3)c3ccccc3)[nH]c2c1. The minimum absolute atomic E-state index is 0.195. The van der Waals surface area contributed by atoms with Crippen molar-refractivity contribution in [2.75, 3.05) is 5.32 Å². The number of aromatic nitrogens is 2. The Morgan fingerprint density at radius 2 is 1.82 bits per heavy atom. The fourth-order valence-corrected chi connectivity index (χ4v) is 3.91. The molecule has 4 nitrogen and oxygen atoms in total. The number of rotatable bonds is 5. The molecule has 1 heterocycles. The van der Waals surface area contributed by atoms with E-state index >= 15 is 0 Å². The summed E-state index contributed by atoms with van der Waals surface area (Å²) in [5.41, 5.74) is 4.35. The molecule has 140 valence electrons. The number of nitrogens with one attached hydrogen (secondary N) is 2. The van der Waals surface area contributed by atoms with Gasteiger partial charge < -0.3 is 10.3 Å². The Labute approximate surface area is 166 Å². The summed E-state index contributed by atoms with van der Waals surface area (Å²) in [6, 6.07) is 21.3. The number of anilines is 1. The van der Waals surface area contributed by atoms with Crippen LogP contribution in [0, 0.1) is 12.7 Å². The van der Waals surface area contributed by atoms with Gasteiger partial charge >= 0.3 is 0 Å². The number of H-pyrrole nitrogens is 1. The standard InChI is InChI=1S/C22H18FN3OS/c1-14-7-12-18-19(13-14)26-22(25-18)28-20(15-5-3-2-4-6-15)21(27)24-17-10-8-16(23)9-11-17/h2-13,20H,1H3,(H,24,27)(H,25,26)/t20-/m1/s1. The molecule has 0 radical (unpaired) electrons. The maximum absolute atomic E-state index is 13.1. The van der Waals surface area contributed by atoms with E-state index in [1.807, 2.05) is 55.5 Å². The lowest BCUT2D eigenvalue weighted by Crippen LogP contribution is -2.19. The summed E-state index contributed by atoms with van der Waals surface area (Å²) >= 11 is 1.35. The zero-order valence-corrected chi connectivity index (χ0v) is 16.0. The van der Waals surface area contributed by atoms with Crippen LogP contribution in [0.5, 0.6) is 0 Å². The van der Waals surface area contributed by atoms with Gasteiger partial charge in [0.25, 0.3) is 0 Å². The molecule has 0 unspecified atom stereocenters. The van der Waals surface area contributed by atoms with Gasteiger partial charge in [0.2, 0.25) is 5.91 Å². The number of benzene rings is 3. The molecule has 4 rings (SSSR count). The van der Waals surface area contributed by atoms with Crippen LogP contribution in [0.25, 0.3) is 11.0 Å². The highest BCUT2D eigenvalue weighted by atomic mass is 32.2. The number of aryl methyl sites for hydroxylation is 1. The highest BCUT2D eigenvalue weighted by molar-refractivity contribution is 8.00. The third-order valence-electron chi connectivity index (χ3n) is 4.30. The zero-order valence-electron chi connectivity index (χ0n) is 15.1. The van der Waals surface area contributed by atoms with Crippen molar-refractivity contribution in [1.82, 2.24) is 9.97 Å². The van der Waals surface area contributed by atoms with E-state index in [9.17, 15) is 9.18 Å². The molecule has 0 spiro atoms. The Morgan fingerprint density at radius 1 is 1.07 bits per heavy atom. The van der Waals surface area contributed by atoms with Crippen LogP contribution in [-0.4, -0.2) is 15.9 Å². The molecule has 0 aliphatic rings. The number of aromatic amines is 1. The average Bonchev–Trinajstić information content (AvgIpc) is 3.10. The van der Waals surface area contributed by atoms with Crippen LogP contribution in [0.1, 0.15) is 16.4 Å². The van der Waals surface area contributed by atoms with Crippen molar-refractivity contribution in [3.63, 3.8) is 0 Å². The van der Waals surface area contributed by atoms with E-state index in [2.05, 4.69) is 15.3 Å². The predicted molar refractivity (Wildman–Crippen MR) is 111 cm³/mol. The first kappa shape index (κ1) is 18.3. The summed E-state index contributed by atoms with van der Waals surface area (Å²) in [4.78, 5) is 20.9. The average molecular weight is 391 g/mol. The largest absolute Gasteiger partial charge is 0.333 e. The van der Waals surface area contributed by atoms with E-state index in [4.69, 9.17) is 0 Å². The number of thioether (sulfide) groups is 1. The molecule has 28 heavy (non-hydrogen) atoms. The number of halogens is 1. The molecule has 0 saturated heterocycles. The van der Waals surface area contributed by atoms with Crippen LogP contribution >= 0.6 is 11.8 Å². The fourth-order valence-electron chi connectivity index (χ4n) is 2.91. The molecule has 0 aliphatic heterocycles. The van der Waals surface area contributed by atoms with Crippen LogP contribution in [0.3, 0.4) is 0 Å². The third kappa shape index (κ3) is 4.07. The Hall–Kier alpha value is -3.12. The smallest absolute Gasteiger partial charge is 0.242 e. The molecule has 1 amide bonds. The van der Waals surface area contributed by atoms with Crippen molar-refractivity contribution in [2.24, 2.45) is 0 Å². The van der Waals surface area contributed by atoms with Crippen LogP contribution < -0.4 is 5.32 Å². The molecule has 0 saturated carbocycles. The summed E-state index contributed by atoms with van der Waals surface area (Å²) in [6.07, 6.45) is 0. The van der Waals surface area contributed by atoms with Gasteiger partial charge in [-0.2, -0.15) is 0 Å². The number of hydrogen-bond donors (Lipinski definition) is 2. The van der Waals surface area contributed by atoms with Crippen LogP contribution in [0.4, 0.5) is 10.1 Å². The van der Waals surface area contributed by atoms with Gasteiger partial charge in [-0.1, -0.05) is 48.2 Å². The Bertz CT molecular complexity index is 1110. The van der Waals surface area contributed by atoms with Crippen LogP contribution in [0.15, 0.2) is 78.0 Å². The van der Waals surface area contributed by atoms with E-state index in [0.29, 0.717) is 10.8 Å². The molecule has 0 aliphatic carbocycles. The van der Waals surface area contributed by atoms with Crippen molar-refractivity contribution in [3.05, 3.63) is 89.7 Å². The van der Waals surface area contributed by atoms with Gasteiger partial charge in [-0.25, -0.2) is 9.37 Å². The normalized spacial score (nSPS) is 12.1. The predicted octanol–water partition coefficient (Wildman–Crippen LogP) is 5.48. The van der Waals surface area contributed by atoms with Crippen molar-refractivity contribution < 1.29 is 9.18 Å². The molecule has 3 aromatic carbocycles. The number of amides is 1. The number of carbonyl (C=O) groups excluding carboxylic acids is 1. The number of carbonyl (C=O) groups is 1. The van der Waals surface area contributed by atoms with Gasteiger partial charge in [0.15, 0.2) is 5.16 Å². The molecular weight excluding hydrogens is 373 g/mol. The second-order valence-electron chi connectivity index (χ2n) is 6.47. The lowest BCUT2D eigenvalue weighted by atomic mass is 10.1. The maximum atomic E-state index is 13.1. The number of nitrogens with zero attached hydrogens (tertiary/aromatic N) is 1. The van der Waals surface area contributed by atoms with E-state index in [1.54, 1.807) is 12.1 Å². The Kier molecular flexibility index (Phi) is 5.12. The maximum Gasteiger partial charge on any atom is 0.242 e. The van der Waals surface area contributed by atoms with Gasteiger partial charge in [0.1, 0.15) is 11.1 Å². The highest BCUT2D eigenvalue weighted by Gasteiger charge is 2.24. The molecular formula is C22H18FN3OS. The fraction of sp³-hybridized carbons (Fsp3) is 0.0909. The van der Waals surface area contributed by atoms with Crippen molar-refractivity contribution in [1.29, 1.82) is 0 Å². The molecule has 0 fully saturated rings. The highest BCUT2D eigenvalue weighted by Crippen LogP contribution is 2.35. The minimum atomic E-state index is -0.507. The number of fused-ring (bicyclic) bond motifs is 1. The topological polar surface area (TPSA) is 57.8 Å². The van der Waals surface area contributed by atoms with Gasteiger partial charge in [-0.15, -0.1) is 0 Å². The Balaban J connectivity index is 1.62. The summed E-state index contributed by atoms with van der Waals surface area (Å²) in [7, 11) is 0. The van der Waals surface area contributed by atoms with Gasteiger partial charge in [0, 0.05) is 5.69 Å². The summed E-state index contributed by atoms with van der Waals surface area (Å²) < 4.78 is 13.1. The van der Waals surface area contributed by atoms with Crippen molar-refractivity contribution in [3.8, 4) is 0 Å². The minimum Gasteiger partial charge on any atom is -0.333 e. The molecule has 4 aromatic rings. The first-order chi connectivity index (χ1) is 13.6. The van der Waals surface area contributed by atoms with E-state index < -0.39 is 5.25 Å². The van der Waals surface area contributed by atoms with Gasteiger partial charge in [-0.05, 0) is 54.4 Å². The molecule has 0 bridgehead atoms. The summed E-state index contributed by atoms with van der Waals surface area (Å²) in [6.45, 7) is 2.02. The molecule has 1 atom stereocenters. The van der Waals surface area contributed by atoms with E-state index in [0.717, 1.165) is 22.2 Å². The second-order valence-corrected chi connectivity index (χ2v) is 7.56. The first-order valence-corrected chi connectivity index (χ1v) is 9.71. The van der Waals surface area contributed by atoms with Gasteiger partial charge in [-0.3, -0.25) is 4.79 Å². The Morgan fingerprint density at radius 3 is 2.57 bits per heavy atom. The molecule has 1 aromatic heterocycles. The van der Waals surface area contributed by atoms with Crippen LogP contribution in [0.2, 0.25) is 0 Å². The van der Waals surface area contributed by atoms with Crippen molar-refractivity contribution >= 4 is 34.4 Å². The second kappa shape index (κ2) is 7.86. The molecule has 2 N–H and O–H groups in total. The summed E-state index contributed by atoms with van der Waals surface area (Å²) in [5.74, 6) is -0.538. The lowest BCUT2D eigenvalue weighted by Gasteiger charge is -2.16. The summed E-state index contributed by atoms with van der Waals surface area (Å²) in [5, 5.41) is 3.03. The first-order valence-electron chi connectivity index (χ1n) is 8.83. The van der Waals surface area contributed by atoms with Gasteiger partial charge in [0.05, 0.1) is 11.0 Å². The number of imidazole rings is 1. The monoisotopic (exact) mass is 391 g/mol. The van der Waals surface area contributed by atoms with E-state index in [1.165, 1.54) is 23.9 Å². The third-order valence-corrected chi connectivity index (χ3v) is 5.44. The number of hydrogen-bond acceptors (Lipinski definition) is 3. The quantitative estimate of drug-likeness (QED) is 0.443. The zero-order chi connectivity index (χ0) is 19.5. The molecule has 6 heteroatoms. The van der Waals surface area contributed by atoms with Crippen LogP contribution in [-0.2, 0) is 4.79 Å². The lowest BCUT2D eigenvalue weighted by molar-refractivity contribution is -0.115.